The van der Waals surface area contributed by atoms with Crippen molar-refractivity contribution in [3.63, 3.8) is 0 Å². The van der Waals surface area contributed by atoms with Crippen LogP contribution in [0.25, 0.3) is 10.8 Å². The zero-order chi connectivity index (χ0) is 12.7. The Kier molecular flexibility index (Phi) is 2.65. The van der Waals surface area contributed by atoms with Crippen LogP contribution >= 0.6 is 10.3 Å². The van der Waals surface area contributed by atoms with Crippen LogP contribution in [0.3, 0.4) is 0 Å². The van der Waals surface area contributed by atoms with Gasteiger partial charge in [-0.25, -0.2) is 0 Å². The number of hydrogen-bond donors (Lipinski definition) is 1. The fourth-order valence-corrected chi connectivity index (χ4v) is 2.73. The highest BCUT2D eigenvalue weighted by Gasteiger charge is 2.40. The van der Waals surface area contributed by atoms with Crippen LogP contribution in [0.4, 0.5) is 11.7 Å². The molecule has 1 atom stereocenters. The summed E-state index contributed by atoms with van der Waals surface area (Å²) in [6, 6.07) is 12.3. The molecule has 0 heterocycles. The van der Waals surface area contributed by atoms with Gasteiger partial charge < -0.3 is 0 Å². The fraction of sp³-hybridized carbons (Fsp3) is 0.231. The van der Waals surface area contributed by atoms with Crippen molar-refractivity contribution in [2.24, 2.45) is 0 Å². The summed E-state index contributed by atoms with van der Waals surface area (Å²) in [6.07, 6.45) is 0.456. The van der Waals surface area contributed by atoms with Gasteiger partial charge in [-0.1, -0.05) is 42.5 Å². The third kappa shape index (κ3) is 2.41. The van der Waals surface area contributed by atoms with Crippen LogP contribution in [-0.4, -0.2) is 6.26 Å². The van der Waals surface area contributed by atoms with Gasteiger partial charge in [-0.3, -0.25) is 0 Å². The lowest BCUT2D eigenvalue weighted by Crippen LogP contribution is -2.07. The molecule has 2 rings (SSSR count). The van der Waals surface area contributed by atoms with Gasteiger partial charge in [-0.2, -0.15) is 11.7 Å². The fourth-order valence-electron chi connectivity index (χ4n) is 1.91. The van der Waals surface area contributed by atoms with Crippen LogP contribution in [-0.2, 0) is 0 Å². The van der Waals surface area contributed by atoms with E-state index in [1.165, 1.54) is 6.92 Å². The quantitative estimate of drug-likeness (QED) is 0.700. The highest BCUT2D eigenvalue weighted by atomic mass is 32.4. The summed E-state index contributed by atoms with van der Waals surface area (Å²) in [5.41, 5.74) is 0.385. The molecule has 0 spiro atoms. The summed E-state index contributed by atoms with van der Waals surface area (Å²) in [5, 5.41) is 0.204. The first kappa shape index (κ1) is 12.3. The Bertz CT molecular complexity index is 543. The van der Waals surface area contributed by atoms with E-state index in [-0.39, 0.29) is 0 Å². The molecule has 0 aliphatic rings. The number of rotatable bonds is 2. The Labute approximate surface area is 99.6 Å². The second-order valence-electron chi connectivity index (χ2n) is 4.49. The lowest BCUT2D eigenvalue weighted by molar-refractivity contribution is 0.578. The lowest BCUT2D eigenvalue weighted by atomic mass is 10.0. The minimum atomic E-state index is -6.09. The molecule has 0 nitrogen and oxygen atoms in total. The smallest absolute Gasteiger partial charge is 0.0664 e. The van der Waals surface area contributed by atoms with E-state index in [1.807, 2.05) is 18.2 Å². The Morgan fingerprint density at radius 3 is 2.18 bits per heavy atom. The van der Waals surface area contributed by atoms with E-state index in [0.29, 0.717) is 17.2 Å². The first-order chi connectivity index (χ1) is 7.76. The summed E-state index contributed by atoms with van der Waals surface area (Å²) in [7, 11) is -6.09. The van der Waals surface area contributed by atoms with Gasteiger partial charge in [0.15, 0.2) is 0 Å². The molecule has 0 saturated heterocycles. The van der Waals surface area contributed by atoms with Gasteiger partial charge in [0.05, 0.1) is 5.25 Å². The summed E-state index contributed by atoms with van der Waals surface area (Å²) in [4.78, 5) is 0. The topological polar surface area (TPSA) is 0 Å². The molecule has 0 aliphatic carbocycles. The average Bonchev–Trinajstić information content (AvgIpc) is 2.25. The van der Waals surface area contributed by atoms with Crippen molar-refractivity contribution in [3.8, 4) is 0 Å². The SMILES string of the molecule is CC(c1cccc2ccccc12)[SH](C)(F)(F)F. The molecule has 1 unspecified atom stereocenters. The van der Waals surface area contributed by atoms with Crippen LogP contribution in [0, 0.1) is 0 Å². The van der Waals surface area contributed by atoms with Gasteiger partial charge in [0.25, 0.3) is 0 Å². The van der Waals surface area contributed by atoms with Crippen LogP contribution in [0.1, 0.15) is 17.7 Å². The second-order valence-corrected chi connectivity index (χ2v) is 7.77. The Hall–Kier alpha value is -1.16. The molecule has 17 heavy (non-hydrogen) atoms. The summed E-state index contributed by atoms with van der Waals surface area (Å²) >= 11 is 0. The van der Waals surface area contributed by atoms with Crippen molar-refractivity contribution in [1.82, 2.24) is 0 Å². The highest BCUT2D eigenvalue weighted by Crippen LogP contribution is 2.80. The van der Waals surface area contributed by atoms with Crippen LogP contribution < -0.4 is 0 Å². The molecule has 0 amide bonds. The van der Waals surface area contributed by atoms with Gasteiger partial charge in [0.2, 0.25) is 0 Å². The second kappa shape index (κ2) is 3.67. The molecule has 0 radical (unpaired) electrons. The lowest BCUT2D eigenvalue weighted by Gasteiger charge is -2.40. The molecule has 0 saturated carbocycles. The van der Waals surface area contributed by atoms with Crippen molar-refractivity contribution < 1.29 is 11.7 Å². The van der Waals surface area contributed by atoms with E-state index in [9.17, 15) is 11.7 Å². The van der Waals surface area contributed by atoms with Crippen molar-refractivity contribution in [2.45, 2.75) is 12.2 Å². The van der Waals surface area contributed by atoms with E-state index in [0.717, 1.165) is 5.39 Å². The third-order valence-electron chi connectivity index (χ3n) is 3.10. The Morgan fingerprint density at radius 2 is 1.53 bits per heavy atom. The summed E-state index contributed by atoms with van der Waals surface area (Å²) in [5.74, 6) is 0. The maximum absolute atomic E-state index is 13.5. The molecule has 0 bridgehead atoms. The molecule has 2 aromatic rings. The normalized spacial score (nSPS) is 16.4. The van der Waals surface area contributed by atoms with Crippen molar-refractivity contribution in [1.29, 1.82) is 0 Å². The summed E-state index contributed by atoms with van der Waals surface area (Å²) in [6.45, 7) is 1.26. The molecule has 0 aliphatic heterocycles. The average molecular weight is 260 g/mol. The standard InChI is InChI=1S/C13H15F3S/c1-10(17(2,14,15)16)12-9-5-7-11-6-3-4-8-13(11)12/h3-10,17H,1-2H3. The number of halogens is 3. The number of benzene rings is 2. The van der Waals surface area contributed by atoms with Crippen LogP contribution in [0.15, 0.2) is 42.5 Å². The predicted octanol–water partition coefficient (Wildman–Crippen LogP) is 5.26. The molecule has 94 valence electrons. The monoisotopic (exact) mass is 260 g/mol. The van der Waals surface area contributed by atoms with E-state index < -0.39 is 15.6 Å². The molecular formula is C13H15F3S. The van der Waals surface area contributed by atoms with Gasteiger partial charge in [-0.15, -0.1) is 0 Å². The molecule has 0 N–H and O–H groups in total. The zero-order valence-corrected chi connectivity index (χ0v) is 10.6. The predicted molar refractivity (Wildman–Crippen MR) is 70.6 cm³/mol. The Balaban J connectivity index is 2.65. The van der Waals surface area contributed by atoms with E-state index >= 15 is 0 Å². The van der Waals surface area contributed by atoms with Gasteiger partial charge >= 0.3 is 0 Å². The number of thiol groups is 1. The maximum atomic E-state index is 13.5. The van der Waals surface area contributed by atoms with E-state index in [2.05, 4.69) is 0 Å². The van der Waals surface area contributed by atoms with Crippen LogP contribution in [0.2, 0.25) is 0 Å². The zero-order valence-electron chi connectivity index (χ0n) is 9.70. The number of hydrogen-bond acceptors (Lipinski definition) is 0. The molecule has 4 heteroatoms. The molecule has 0 aromatic heterocycles. The molecule has 2 aromatic carbocycles. The van der Waals surface area contributed by atoms with Gasteiger partial charge in [-0.05, 0) is 23.3 Å². The van der Waals surface area contributed by atoms with Gasteiger partial charge in [0, 0.05) is 16.6 Å². The number of fused-ring (bicyclic) bond motifs is 1. The van der Waals surface area contributed by atoms with Crippen molar-refractivity contribution in [3.05, 3.63) is 48.0 Å². The maximum Gasteiger partial charge on any atom is 0.0664 e. The van der Waals surface area contributed by atoms with Crippen molar-refractivity contribution >= 4 is 21.1 Å². The summed E-state index contributed by atoms with van der Waals surface area (Å²) < 4.78 is 40.4. The highest BCUT2D eigenvalue weighted by molar-refractivity contribution is 8.37. The van der Waals surface area contributed by atoms with E-state index in [1.54, 1.807) is 24.3 Å². The van der Waals surface area contributed by atoms with Crippen molar-refractivity contribution in [2.75, 3.05) is 6.26 Å². The van der Waals surface area contributed by atoms with E-state index in [4.69, 9.17) is 0 Å². The van der Waals surface area contributed by atoms with Gasteiger partial charge in [0.1, 0.15) is 0 Å². The minimum Gasteiger partial charge on any atom is -0.155 e. The molecule has 0 fully saturated rings. The van der Waals surface area contributed by atoms with Crippen LogP contribution in [0.5, 0.6) is 0 Å². The largest absolute Gasteiger partial charge is 0.155 e. The first-order valence-corrected chi connectivity index (χ1v) is 7.82. The third-order valence-corrected chi connectivity index (χ3v) is 5.03. The minimum absolute atomic E-state index is 0.385. The first-order valence-electron chi connectivity index (χ1n) is 5.40. The Morgan fingerprint density at radius 1 is 0.941 bits per heavy atom. The molecular weight excluding hydrogens is 245 g/mol.